The molecule has 3 nitrogen and oxygen atoms in total. The number of carbonyl (C=O) groups excluding carboxylic acids is 1. The van der Waals surface area contributed by atoms with Gasteiger partial charge >= 0.3 is 0 Å². The largest absolute Gasteiger partial charge is 0.352 e. The van der Waals surface area contributed by atoms with Crippen molar-refractivity contribution in [3.05, 3.63) is 0 Å². The highest BCUT2D eigenvalue weighted by molar-refractivity contribution is 7.98. The second-order valence-corrected chi connectivity index (χ2v) is 5.58. The highest BCUT2D eigenvalue weighted by Crippen LogP contribution is 2.02. The fourth-order valence-electron chi connectivity index (χ4n) is 1.70. The van der Waals surface area contributed by atoms with Crippen LogP contribution in [0.4, 0.5) is 0 Å². The van der Waals surface area contributed by atoms with Crippen molar-refractivity contribution in [2.75, 3.05) is 12.0 Å². The van der Waals surface area contributed by atoms with Crippen LogP contribution in [0.2, 0.25) is 0 Å². The fraction of sp³-hybridized carbons (Fsp3) is 0.923. The van der Waals surface area contributed by atoms with Crippen LogP contribution in [-0.4, -0.2) is 36.0 Å². The Hall–Kier alpha value is -0.220. The molecule has 0 aromatic heterocycles. The zero-order valence-electron chi connectivity index (χ0n) is 11.9. The Morgan fingerprint density at radius 1 is 1.24 bits per heavy atom. The van der Waals surface area contributed by atoms with Crippen LogP contribution in [0, 0.1) is 0 Å². The van der Waals surface area contributed by atoms with Crippen molar-refractivity contribution < 1.29 is 4.79 Å². The molecule has 0 aromatic carbocycles. The normalized spacial score (nSPS) is 14.7. The number of hydrogen-bond acceptors (Lipinski definition) is 3. The molecule has 0 aliphatic carbocycles. The summed E-state index contributed by atoms with van der Waals surface area (Å²) in [5.41, 5.74) is 0. The number of rotatable bonds is 9. The third kappa shape index (κ3) is 7.66. The smallest absolute Gasteiger partial charge is 0.237 e. The van der Waals surface area contributed by atoms with Gasteiger partial charge in [-0.15, -0.1) is 0 Å². The van der Waals surface area contributed by atoms with E-state index in [1.807, 2.05) is 18.7 Å². The molecule has 0 bridgehead atoms. The van der Waals surface area contributed by atoms with E-state index >= 15 is 0 Å². The maximum Gasteiger partial charge on any atom is 0.237 e. The Labute approximate surface area is 111 Å². The van der Waals surface area contributed by atoms with Gasteiger partial charge in [0, 0.05) is 12.1 Å². The Kier molecular flexibility index (Phi) is 9.65. The van der Waals surface area contributed by atoms with Gasteiger partial charge in [0.2, 0.25) is 5.91 Å². The van der Waals surface area contributed by atoms with Crippen LogP contribution >= 0.6 is 11.8 Å². The first-order valence-corrected chi connectivity index (χ1v) is 7.99. The van der Waals surface area contributed by atoms with Crippen molar-refractivity contribution in [2.24, 2.45) is 0 Å². The van der Waals surface area contributed by atoms with E-state index in [0.29, 0.717) is 12.1 Å². The predicted molar refractivity (Wildman–Crippen MR) is 77.6 cm³/mol. The first-order chi connectivity index (χ1) is 8.04. The summed E-state index contributed by atoms with van der Waals surface area (Å²) in [6.45, 7) is 8.28. The lowest BCUT2D eigenvalue weighted by Gasteiger charge is -2.22. The minimum Gasteiger partial charge on any atom is -0.352 e. The molecule has 0 spiro atoms. The van der Waals surface area contributed by atoms with E-state index < -0.39 is 0 Å². The van der Waals surface area contributed by atoms with Gasteiger partial charge in [-0.2, -0.15) is 11.8 Å². The minimum absolute atomic E-state index is 0.104. The molecule has 2 unspecified atom stereocenters. The van der Waals surface area contributed by atoms with Crippen LogP contribution in [0.15, 0.2) is 0 Å². The second-order valence-electron chi connectivity index (χ2n) is 4.59. The summed E-state index contributed by atoms with van der Waals surface area (Å²) in [6.07, 6.45) is 5.20. The van der Waals surface area contributed by atoms with Crippen molar-refractivity contribution >= 4 is 17.7 Å². The molecule has 0 saturated carbocycles. The topological polar surface area (TPSA) is 41.1 Å². The third-order valence-electron chi connectivity index (χ3n) is 3.01. The molecular formula is C13H28N2OS. The van der Waals surface area contributed by atoms with Crippen molar-refractivity contribution in [1.82, 2.24) is 10.6 Å². The first kappa shape index (κ1) is 16.8. The molecule has 4 heteroatoms. The summed E-state index contributed by atoms with van der Waals surface area (Å²) < 4.78 is 0. The average molecular weight is 260 g/mol. The number of hydrogen-bond donors (Lipinski definition) is 2. The zero-order chi connectivity index (χ0) is 13.3. The summed E-state index contributed by atoms with van der Waals surface area (Å²) in [5.74, 6) is 1.25. The summed E-state index contributed by atoms with van der Waals surface area (Å²) in [7, 11) is 0. The van der Waals surface area contributed by atoms with Crippen molar-refractivity contribution in [1.29, 1.82) is 0 Å². The van der Waals surface area contributed by atoms with Crippen molar-refractivity contribution in [2.45, 2.75) is 65.1 Å². The van der Waals surface area contributed by atoms with E-state index in [2.05, 4.69) is 37.7 Å². The third-order valence-corrected chi connectivity index (χ3v) is 3.66. The van der Waals surface area contributed by atoms with E-state index in [-0.39, 0.29) is 11.9 Å². The van der Waals surface area contributed by atoms with Gasteiger partial charge in [0.1, 0.15) is 0 Å². The molecule has 102 valence electrons. The van der Waals surface area contributed by atoms with Crippen LogP contribution in [0.5, 0.6) is 0 Å². The van der Waals surface area contributed by atoms with Crippen LogP contribution in [-0.2, 0) is 4.79 Å². The van der Waals surface area contributed by atoms with Gasteiger partial charge < -0.3 is 10.6 Å². The number of carbonyl (C=O) groups is 1. The molecule has 0 rings (SSSR count). The summed E-state index contributed by atoms with van der Waals surface area (Å²) in [4.78, 5) is 11.9. The molecule has 0 saturated heterocycles. The number of nitrogens with one attached hydrogen (secondary N) is 2. The molecule has 0 fully saturated rings. The summed E-state index contributed by atoms with van der Waals surface area (Å²) in [6, 6.07) is 0.602. The van der Waals surface area contributed by atoms with Gasteiger partial charge in [-0.1, -0.05) is 13.8 Å². The van der Waals surface area contributed by atoms with E-state index in [1.54, 1.807) is 0 Å². The van der Waals surface area contributed by atoms with Crippen LogP contribution in [0.25, 0.3) is 0 Å². The first-order valence-electron chi connectivity index (χ1n) is 6.60. The molecule has 2 N–H and O–H groups in total. The predicted octanol–water partition coefficient (Wildman–Crippen LogP) is 2.41. The van der Waals surface area contributed by atoms with Crippen LogP contribution in [0.3, 0.4) is 0 Å². The molecule has 0 aromatic rings. The SMILES string of the molecule is CCC(CC)NC(=O)C(C)NC(C)CCSC. The lowest BCUT2D eigenvalue weighted by atomic mass is 10.1. The van der Waals surface area contributed by atoms with E-state index in [1.165, 1.54) is 0 Å². The van der Waals surface area contributed by atoms with E-state index in [9.17, 15) is 4.79 Å². The van der Waals surface area contributed by atoms with Gasteiger partial charge in [-0.05, 0) is 45.1 Å². The summed E-state index contributed by atoms with van der Waals surface area (Å²) >= 11 is 1.84. The number of thioether (sulfide) groups is 1. The maximum absolute atomic E-state index is 11.9. The molecule has 17 heavy (non-hydrogen) atoms. The molecular weight excluding hydrogens is 232 g/mol. The Morgan fingerprint density at radius 2 is 1.82 bits per heavy atom. The van der Waals surface area contributed by atoms with Crippen molar-refractivity contribution in [3.8, 4) is 0 Å². The van der Waals surface area contributed by atoms with Crippen molar-refractivity contribution in [3.63, 3.8) is 0 Å². The Morgan fingerprint density at radius 3 is 2.29 bits per heavy atom. The monoisotopic (exact) mass is 260 g/mol. The molecule has 1 amide bonds. The van der Waals surface area contributed by atoms with Gasteiger partial charge in [-0.25, -0.2) is 0 Å². The van der Waals surface area contributed by atoms with E-state index in [0.717, 1.165) is 25.0 Å². The van der Waals surface area contributed by atoms with Gasteiger partial charge in [0.05, 0.1) is 6.04 Å². The lowest BCUT2D eigenvalue weighted by molar-refractivity contribution is -0.123. The Balaban J connectivity index is 3.95. The molecule has 0 heterocycles. The number of amides is 1. The zero-order valence-corrected chi connectivity index (χ0v) is 12.7. The summed E-state index contributed by atoms with van der Waals surface area (Å²) in [5, 5.41) is 6.41. The van der Waals surface area contributed by atoms with Crippen LogP contribution < -0.4 is 10.6 Å². The van der Waals surface area contributed by atoms with Gasteiger partial charge in [-0.3, -0.25) is 4.79 Å². The maximum atomic E-state index is 11.9. The molecule has 2 atom stereocenters. The Bertz CT molecular complexity index is 208. The van der Waals surface area contributed by atoms with Gasteiger partial charge in [0.25, 0.3) is 0 Å². The standard InChI is InChI=1S/C13H28N2OS/c1-6-12(7-2)15-13(16)11(4)14-10(3)8-9-17-5/h10-12,14H,6-9H2,1-5H3,(H,15,16). The van der Waals surface area contributed by atoms with Gasteiger partial charge in [0.15, 0.2) is 0 Å². The molecule has 0 aliphatic rings. The minimum atomic E-state index is -0.104. The molecule has 0 radical (unpaired) electrons. The highest BCUT2D eigenvalue weighted by Gasteiger charge is 2.17. The van der Waals surface area contributed by atoms with Crippen LogP contribution in [0.1, 0.15) is 47.0 Å². The highest BCUT2D eigenvalue weighted by atomic mass is 32.2. The fourth-order valence-corrected chi connectivity index (χ4v) is 2.29. The van der Waals surface area contributed by atoms with E-state index in [4.69, 9.17) is 0 Å². The quantitative estimate of drug-likeness (QED) is 0.669. The average Bonchev–Trinajstić information content (AvgIpc) is 2.32. The molecule has 0 aliphatic heterocycles. The lowest BCUT2D eigenvalue weighted by Crippen LogP contribution is -2.48. The second kappa shape index (κ2) is 9.77.